The summed E-state index contributed by atoms with van der Waals surface area (Å²) in [5, 5.41) is 3.45. The number of methoxy groups -OCH3 is 1. The average Bonchev–Trinajstić information content (AvgIpc) is 3.13. The van der Waals surface area contributed by atoms with Crippen LogP contribution in [0.4, 0.5) is 5.95 Å². The molecule has 0 aliphatic carbocycles. The Morgan fingerprint density at radius 1 is 1.38 bits per heavy atom. The van der Waals surface area contributed by atoms with E-state index in [0.29, 0.717) is 5.56 Å². The number of azide groups is 1. The fourth-order valence-electron chi connectivity index (χ4n) is 2.87. The molecule has 0 radical (unpaired) electrons. The Morgan fingerprint density at radius 2 is 2.11 bits per heavy atom. The second-order valence-electron chi connectivity index (χ2n) is 6.62. The number of nitrogens with zero attached hydrogens (tertiary/aromatic N) is 5. The molecule has 37 heavy (non-hydrogen) atoms. The van der Waals surface area contributed by atoms with E-state index in [-0.39, 0.29) is 30.1 Å². The number of nitrogens with two attached hydrogens (primary N) is 2. The molecule has 2 rings (SSSR count). The van der Waals surface area contributed by atoms with Crippen LogP contribution in [0.25, 0.3) is 21.5 Å². The topological polar surface area (TPSA) is 296 Å². The molecule has 2 heterocycles. The third kappa shape index (κ3) is 9.87. The molecule has 0 amide bonds. The highest BCUT2D eigenvalue weighted by atomic mass is 31.3. The van der Waals surface area contributed by atoms with Gasteiger partial charge in [0.05, 0.1) is 30.6 Å². The lowest BCUT2D eigenvalue weighted by Gasteiger charge is -2.26. The minimum absolute atomic E-state index is 0.0371. The van der Waals surface area contributed by atoms with Crippen LogP contribution in [-0.2, 0) is 33.7 Å². The smallest absolute Gasteiger partial charge is 0.376 e. The van der Waals surface area contributed by atoms with Crippen molar-refractivity contribution in [3.05, 3.63) is 32.6 Å². The predicted octanol–water partition coefficient (Wildman–Crippen LogP) is -0.134. The predicted molar refractivity (Wildman–Crippen MR) is 129 cm³/mol. The van der Waals surface area contributed by atoms with Gasteiger partial charge in [-0.2, -0.15) is 4.98 Å². The van der Waals surface area contributed by atoms with Crippen molar-refractivity contribution in [1.82, 2.24) is 14.5 Å². The van der Waals surface area contributed by atoms with Crippen molar-refractivity contribution >= 4 is 42.0 Å². The van der Waals surface area contributed by atoms with Gasteiger partial charge in [-0.1, -0.05) is 17.0 Å². The SMILES string of the molecule is COC(COP(O)OP(O)OP(=O)(O)O)C(Cn1cc(C#CCN)c2c(=O)[nH]c(N)nc21)OCN=[N+]=[N-]. The maximum absolute atomic E-state index is 12.5. The van der Waals surface area contributed by atoms with Crippen molar-refractivity contribution in [1.29, 1.82) is 0 Å². The summed E-state index contributed by atoms with van der Waals surface area (Å²) in [7, 11) is -9.81. The Kier molecular flexibility index (Phi) is 12.3. The Hall–Kier alpha value is -2.22. The maximum Gasteiger partial charge on any atom is 0.476 e. The first kappa shape index (κ1) is 31.0. The van der Waals surface area contributed by atoms with Crippen LogP contribution in [-0.4, -0.2) is 73.3 Å². The van der Waals surface area contributed by atoms with Crippen molar-refractivity contribution < 1.29 is 46.8 Å². The molecule has 2 aromatic heterocycles. The number of fused-ring (bicyclic) bond motifs is 1. The van der Waals surface area contributed by atoms with Crippen molar-refractivity contribution in [2.45, 2.75) is 18.8 Å². The molecule has 204 valence electrons. The molecule has 0 bridgehead atoms. The highest BCUT2D eigenvalue weighted by Gasteiger charge is 2.29. The lowest BCUT2D eigenvalue weighted by atomic mass is 10.2. The number of hydrogen-bond donors (Lipinski definition) is 7. The number of phosphoric acid groups is 1. The van der Waals surface area contributed by atoms with E-state index in [9.17, 15) is 19.1 Å². The fraction of sp³-hybridized carbons (Fsp3) is 0.467. The lowest BCUT2D eigenvalue weighted by molar-refractivity contribution is -0.0777. The van der Waals surface area contributed by atoms with Crippen LogP contribution in [0.2, 0.25) is 0 Å². The summed E-state index contributed by atoms with van der Waals surface area (Å²) in [4.78, 5) is 58.2. The monoisotopic (exact) mass is 584 g/mol. The molecular formula is C15H23N8O11P3. The van der Waals surface area contributed by atoms with Crippen molar-refractivity contribution in [2.24, 2.45) is 10.8 Å². The third-order valence-electron chi connectivity index (χ3n) is 4.24. The van der Waals surface area contributed by atoms with Crippen molar-refractivity contribution in [2.75, 3.05) is 32.7 Å². The molecular weight excluding hydrogens is 561 g/mol. The van der Waals surface area contributed by atoms with E-state index in [1.807, 2.05) is 0 Å². The van der Waals surface area contributed by atoms with E-state index in [1.54, 1.807) is 0 Å². The van der Waals surface area contributed by atoms with Gasteiger partial charge in [0.25, 0.3) is 5.56 Å². The quantitative estimate of drug-likeness (QED) is 0.0500. The number of hydrogen-bond acceptors (Lipinski definition) is 13. The van der Waals surface area contributed by atoms with E-state index in [1.165, 1.54) is 17.9 Å². The number of rotatable bonds is 14. The number of aromatic nitrogens is 3. The molecule has 22 heteroatoms. The Bertz CT molecular complexity index is 1270. The minimum Gasteiger partial charge on any atom is -0.376 e. The van der Waals surface area contributed by atoms with Gasteiger partial charge in [-0.05, 0) is 5.53 Å². The van der Waals surface area contributed by atoms with Crippen LogP contribution in [0.5, 0.6) is 0 Å². The number of nitrogens with one attached hydrogen (secondary N) is 1. The zero-order chi connectivity index (χ0) is 27.6. The first-order valence-electron chi connectivity index (χ1n) is 9.76. The standard InChI is InChI=1S/C15H23N8O11P3/c1-30-11(7-32-35(25)33-36(26)34-37(27,28)29)10(31-8-19-22-18)6-23-5-9(3-2-4-16)12-13(23)20-15(17)21-14(12)24/h5,10-11,25-26H,4,6-8,16H2,1H3,(H2,27,28,29)(H3,17,20,21,24). The molecule has 0 saturated heterocycles. The number of nitrogen functional groups attached to an aromatic ring is 1. The Balaban J connectivity index is 2.29. The molecule has 0 aromatic carbocycles. The molecule has 0 aliphatic rings. The van der Waals surface area contributed by atoms with Gasteiger partial charge >= 0.3 is 25.0 Å². The Labute approximate surface area is 210 Å². The number of anilines is 1. The van der Waals surface area contributed by atoms with Gasteiger partial charge < -0.3 is 49.6 Å². The summed E-state index contributed by atoms with van der Waals surface area (Å²) in [6, 6.07) is 0. The van der Waals surface area contributed by atoms with E-state index in [4.69, 9.17) is 40.8 Å². The van der Waals surface area contributed by atoms with Gasteiger partial charge in [0, 0.05) is 18.2 Å². The van der Waals surface area contributed by atoms with Gasteiger partial charge in [0.15, 0.2) is 5.65 Å². The summed E-state index contributed by atoms with van der Waals surface area (Å²) in [6.07, 6.45) is -0.445. The van der Waals surface area contributed by atoms with Crippen LogP contribution in [0.3, 0.4) is 0 Å². The molecule has 0 spiro atoms. The van der Waals surface area contributed by atoms with Crippen LogP contribution in [0.15, 0.2) is 16.1 Å². The molecule has 4 unspecified atom stereocenters. The summed E-state index contributed by atoms with van der Waals surface area (Å²) in [5.41, 5.74) is 19.6. The lowest BCUT2D eigenvalue weighted by Crippen LogP contribution is -2.38. The van der Waals surface area contributed by atoms with Gasteiger partial charge in [-0.25, -0.2) is 13.2 Å². The highest BCUT2D eigenvalue weighted by Crippen LogP contribution is 2.58. The highest BCUT2D eigenvalue weighted by molar-refractivity contribution is 7.62. The zero-order valence-electron chi connectivity index (χ0n) is 18.9. The second kappa shape index (κ2) is 14.6. The van der Waals surface area contributed by atoms with Gasteiger partial charge in [-0.3, -0.25) is 9.78 Å². The van der Waals surface area contributed by atoms with E-state index < -0.39 is 56.1 Å². The average molecular weight is 584 g/mol. The van der Waals surface area contributed by atoms with Gasteiger partial charge in [0.2, 0.25) is 5.95 Å². The van der Waals surface area contributed by atoms with Crippen molar-refractivity contribution in [3.8, 4) is 11.8 Å². The second-order valence-corrected chi connectivity index (χ2v) is 10.1. The van der Waals surface area contributed by atoms with E-state index in [2.05, 4.69) is 40.5 Å². The van der Waals surface area contributed by atoms with Crippen LogP contribution in [0, 0.1) is 11.8 Å². The first-order valence-corrected chi connectivity index (χ1v) is 13.5. The molecule has 0 fully saturated rings. The summed E-state index contributed by atoms with van der Waals surface area (Å²) < 4.78 is 36.6. The number of ether oxygens (including phenoxy) is 2. The molecule has 19 nitrogen and oxygen atoms in total. The van der Waals surface area contributed by atoms with Crippen molar-refractivity contribution in [3.63, 3.8) is 0 Å². The van der Waals surface area contributed by atoms with Gasteiger partial charge in [-0.15, -0.1) is 0 Å². The zero-order valence-corrected chi connectivity index (χ0v) is 21.6. The fourth-order valence-corrected chi connectivity index (χ4v) is 4.93. The van der Waals surface area contributed by atoms with Crippen LogP contribution >= 0.6 is 25.0 Å². The van der Waals surface area contributed by atoms with E-state index in [0.717, 1.165) is 0 Å². The molecule has 0 saturated carbocycles. The molecule has 4 atom stereocenters. The minimum atomic E-state index is -5.07. The first-order chi connectivity index (χ1) is 17.5. The summed E-state index contributed by atoms with van der Waals surface area (Å²) in [5.74, 6) is 5.26. The normalized spacial score (nSPS) is 14.9. The van der Waals surface area contributed by atoms with Crippen LogP contribution < -0.4 is 17.0 Å². The summed E-state index contributed by atoms with van der Waals surface area (Å²) in [6.45, 7) is -0.903. The largest absolute Gasteiger partial charge is 0.476 e. The molecule has 2 aromatic rings. The third-order valence-corrected chi connectivity index (χ3v) is 7.14. The molecule has 9 N–H and O–H groups in total. The Morgan fingerprint density at radius 3 is 2.73 bits per heavy atom. The van der Waals surface area contributed by atoms with E-state index >= 15 is 0 Å². The van der Waals surface area contributed by atoms with Crippen LogP contribution in [0.1, 0.15) is 5.56 Å². The molecule has 0 aliphatic heterocycles. The van der Waals surface area contributed by atoms with Gasteiger partial charge in [0.1, 0.15) is 18.9 Å². The number of aromatic amines is 1. The maximum atomic E-state index is 12.5. The number of H-pyrrole nitrogens is 1. The summed E-state index contributed by atoms with van der Waals surface area (Å²) >= 11 is 0.